The molecule has 0 aliphatic carbocycles. The van der Waals surface area contributed by atoms with Crippen molar-refractivity contribution >= 4 is 17.2 Å². The van der Waals surface area contributed by atoms with Crippen molar-refractivity contribution in [2.45, 2.75) is 51.2 Å². The third-order valence-electron chi connectivity index (χ3n) is 5.40. The Labute approximate surface area is 143 Å². The van der Waals surface area contributed by atoms with Gasteiger partial charge < -0.3 is 14.5 Å². The van der Waals surface area contributed by atoms with Crippen molar-refractivity contribution in [1.29, 1.82) is 0 Å². The molecule has 2 aliphatic heterocycles. The maximum absolute atomic E-state index is 12.5. The van der Waals surface area contributed by atoms with Crippen molar-refractivity contribution in [3.05, 3.63) is 22.4 Å². The smallest absolute Gasteiger partial charge is 0.227 e. The number of thiophene rings is 1. The summed E-state index contributed by atoms with van der Waals surface area (Å²) in [6, 6.07) is 2.65. The van der Waals surface area contributed by atoms with E-state index in [0.29, 0.717) is 12.5 Å². The molecule has 2 atom stereocenters. The second-order valence-corrected chi connectivity index (χ2v) is 7.55. The molecule has 0 unspecified atom stereocenters. The Hall–Kier alpha value is -0.910. The first-order valence-corrected chi connectivity index (χ1v) is 9.77. The predicted molar refractivity (Wildman–Crippen MR) is 93.8 cm³/mol. The van der Waals surface area contributed by atoms with Gasteiger partial charge in [-0.1, -0.05) is 13.8 Å². The maximum atomic E-state index is 12.5. The quantitative estimate of drug-likeness (QED) is 0.829. The molecule has 0 aromatic carbocycles. The molecular formula is C18H28N2O2S. The number of rotatable bonds is 5. The molecule has 1 aromatic heterocycles. The molecule has 1 spiro atoms. The van der Waals surface area contributed by atoms with E-state index in [2.05, 4.69) is 24.1 Å². The van der Waals surface area contributed by atoms with Crippen molar-refractivity contribution in [1.82, 2.24) is 9.80 Å². The Kier molecular flexibility index (Phi) is 5.39. The van der Waals surface area contributed by atoms with Crippen LogP contribution in [0.4, 0.5) is 0 Å². The molecule has 1 aromatic rings. The van der Waals surface area contributed by atoms with Gasteiger partial charge in [-0.05, 0) is 54.7 Å². The van der Waals surface area contributed by atoms with Gasteiger partial charge in [-0.3, -0.25) is 4.79 Å². The lowest BCUT2D eigenvalue weighted by Crippen LogP contribution is -2.50. The van der Waals surface area contributed by atoms with Gasteiger partial charge in [0.2, 0.25) is 5.91 Å². The van der Waals surface area contributed by atoms with Crippen LogP contribution >= 0.6 is 11.3 Å². The second-order valence-electron chi connectivity index (χ2n) is 6.77. The predicted octanol–water partition coefficient (Wildman–Crippen LogP) is 2.78. The van der Waals surface area contributed by atoms with E-state index < -0.39 is 0 Å². The Morgan fingerprint density at radius 2 is 2.30 bits per heavy atom. The molecule has 0 saturated carbocycles. The molecule has 0 radical (unpaired) electrons. The van der Waals surface area contributed by atoms with Crippen LogP contribution < -0.4 is 0 Å². The molecular weight excluding hydrogens is 308 g/mol. The molecule has 23 heavy (non-hydrogen) atoms. The number of amides is 1. The summed E-state index contributed by atoms with van der Waals surface area (Å²) in [7, 11) is 0. The fraction of sp³-hybridized carbons (Fsp3) is 0.722. The number of hydrogen-bond donors (Lipinski definition) is 0. The Balaban J connectivity index is 1.60. The first-order chi connectivity index (χ1) is 11.2. The first kappa shape index (κ1) is 16.9. The minimum absolute atomic E-state index is 0.101. The average Bonchev–Trinajstić information content (AvgIpc) is 3.19. The van der Waals surface area contributed by atoms with Crippen molar-refractivity contribution in [3.8, 4) is 0 Å². The maximum Gasteiger partial charge on any atom is 0.227 e. The van der Waals surface area contributed by atoms with Crippen molar-refractivity contribution in [2.24, 2.45) is 0 Å². The van der Waals surface area contributed by atoms with Crippen molar-refractivity contribution in [2.75, 3.05) is 32.8 Å². The molecule has 0 N–H and O–H groups in total. The summed E-state index contributed by atoms with van der Waals surface area (Å²) >= 11 is 1.65. The highest BCUT2D eigenvalue weighted by Gasteiger charge is 2.45. The Morgan fingerprint density at radius 1 is 1.48 bits per heavy atom. The molecule has 0 bridgehead atoms. The number of likely N-dealkylation sites (tertiary alicyclic amines) is 1. The van der Waals surface area contributed by atoms with Crippen molar-refractivity contribution < 1.29 is 9.53 Å². The van der Waals surface area contributed by atoms with E-state index in [1.807, 2.05) is 16.3 Å². The minimum atomic E-state index is -0.101. The van der Waals surface area contributed by atoms with E-state index in [9.17, 15) is 4.79 Å². The van der Waals surface area contributed by atoms with Crippen LogP contribution in [0, 0.1) is 0 Å². The second kappa shape index (κ2) is 7.32. The fourth-order valence-electron chi connectivity index (χ4n) is 4.08. The van der Waals surface area contributed by atoms with Crippen LogP contribution in [0.15, 0.2) is 16.8 Å². The molecule has 5 heteroatoms. The number of carbonyl (C=O) groups is 1. The molecule has 128 valence electrons. The molecule has 2 fully saturated rings. The summed E-state index contributed by atoms with van der Waals surface area (Å²) in [5.41, 5.74) is 1.03. The highest BCUT2D eigenvalue weighted by molar-refractivity contribution is 7.07. The topological polar surface area (TPSA) is 32.8 Å². The molecule has 3 heterocycles. The molecule has 2 aliphatic rings. The minimum Gasteiger partial charge on any atom is -0.373 e. The number of nitrogens with zero attached hydrogens (tertiary/aromatic N) is 2. The van der Waals surface area contributed by atoms with Gasteiger partial charge in [-0.2, -0.15) is 11.3 Å². The number of carbonyl (C=O) groups excluding carboxylic acids is 1. The van der Waals surface area contributed by atoms with Crippen LogP contribution in [-0.2, 0) is 16.0 Å². The summed E-state index contributed by atoms with van der Waals surface area (Å²) in [5, 5.41) is 4.10. The van der Waals surface area contributed by atoms with Crippen LogP contribution in [0.3, 0.4) is 0 Å². The van der Waals surface area contributed by atoms with Crippen LogP contribution in [0.1, 0.15) is 38.7 Å². The highest BCUT2D eigenvalue weighted by atomic mass is 32.1. The molecule has 1 amide bonds. The zero-order valence-corrected chi connectivity index (χ0v) is 15.1. The van der Waals surface area contributed by atoms with Crippen LogP contribution in [0.5, 0.6) is 0 Å². The fourth-order valence-corrected chi connectivity index (χ4v) is 4.74. The lowest BCUT2D eigenvalue weighted by molar-refractivity contribution is -0.133. The van der Waals surface area contributed by atoms with E-state index >= 15 is 0 Å². The SMILES string of the molecule is CCN(CC)[C@@H]1CCO[C@]2(CCN(C(=O)Cc3ccsc3)C2)C1. The first-order valence-electron chi connectivity index (χ1n) is 8.82. The molecule has 2 saturated heterocycles. The van der Waals surface area contributed by atoms with E-state index in [0.717, 1.165) is 57.6 Å². The average molecular weight is 337 g/mol. The van der Waals surface area contributed by atoms with Gasteiger partial charge in [0.1, 0.15) is 0 Å². The van der Waals surface area contributed by atoms with Crippen LogP contribution in [0.25, 0.3) is 0 Å². The lowest BCUT2D eigenvalue weighted by Gasteiger charge is -2.42. The Morgan fingerprint density at radius 3 is 3.00 bits per heavy atom. The van der Waals surface area contributed by atoms with Gasteiger partial charge in [-0.15, -0.1) is 0 Å². The zero-order valence-electron chi connectivity index (χ0n) is 14.3. The van der Waals surface area contributed by atoms with Gasteiger partial charge in [0.05, 0.1) is 12.0 Å². The van der Waals surface area contributed by atoms with Crippen molar-refractivity contribution in [3.63, 3.8) is 0 Å². The Bertz CT molecular complexity index is 515. The third kappa shape index (κ3) is 3.78. The number of hydrogen-bond acceptors (Lipinski definition) is 4. The van der Waals surface area contributed by atoms with Gasteiger partial charge in [0, 0.05) is 25.7 Å². The van der Waals surface area contributed by atoms with Crippen LogP contribution in [0.2, 0.25) is 0 Å². The van der Waals surface area contributed by atoms with Crippen LogP contribution in [-0.4, -0.2) is 60.1 Å². The summed E-state index contributed by atoms with van der Waals surface area (Å²) in [6.07, 6.45) is 3.70. The van der Waals surface area contributed by atoms with E-state index in [4.69, 9.17) is 4.74 Å². The highest BCUT2D eigenvalue weighted by Crippen LogP contribution is 2.36. The third-order valence-corrected chi connectivity index (χ3v) is 6.13. The number of ether oxygens (including phenoxy) is 1. The monoisotopic (exact) mass is 336 g/mol. The van der Waals surface area contributed by atoms with Gasteiger partial charge >= 0.3 is 0 Å². The van der Waals surface area contributed by atoms with E-state index in [1.165, 1.54) is 0 Å². The summed E-state index contributed by atoms with van der Waals surface area (Å²) in [5.74, 6) is 0.244. The van der Waals surface area contributed by atoms with E-state index in [1.54, 1.807) is 11.3 Å². The zero-order chi connectivity index (χ0) is 16.3. The van der Waals surface area contributed by atoms with Gasteiger partial charge in [0.25, 0.3) is 0 Å². The summed E-state index contributed by atoms with van der Waals surface area (Å²) in [6.45, 7) is 9.10. The molecule has 4 nitrogen and oxygen atoms in total. The lowest BCUT2D eigenvalue weighted by atomic mass is 9.88. The van der Waals surface area contributed by atoms with Gasteiger partial charge in [-0.25, -0.2) is 0 Å². The van der Waals surface area contributed by atoms with E-state index in [-0.39, 0.29) is 11.5 Å². The van der Waals surface area contributed by atoms with Gasteiger partial charge in [0.15, 0.2) is 0 Å². The molecule has 3 rings (SSSR count). The largest absolute Gasteiger partial charge is 0.373 e. The standard InChI is InChI=1S/C18H28N2O2S/c1-3-19(4-2)16-5-9-22-18(12-16)7-8-20(14-18)17(21)11-15-6-10-23-13-15/h6,10,13,16H,3-5,7-9,11-12,14H2,1-2H3/t16-,18-/m1/s1. The summed E-state index contributed by atoms with van der Waals surface area (Å²) < 4.78 is 6.19. The normalized spacial score (nSPS) is 28.0. The summed E-state index contributed by atoms with van der Waals surface area (Å²) in [4.78, 5) is 17.1.